The summed E-state index contributed by atoms with van der Waals surface area (Å²) in [5, 5.41) is 11.5. The van der Waals surface area contributed by atoms with Crippen molar-refractivity contribution in [3.8, 4) is 5.75 Å². The van der Waals surface area contributed by atoms with E-state index < -0.39 is 0 Å². The molecule has 3 heteroatoms. The fraction of sp³-hybridized carbons (Fsp3) is 0.278. The van der Waals surface area contributed by atoms with Crippen molar-refractivity contribution < 1.29 is 14.6 Å². The number of phenols is 1. The number of allylic oxidation sites excluding steroid dienone is 1. The van der Waals surface area contributed by atoms with Gasteiger partial charge in [-0.05, 0) is 60.4 Å². The average Bonchev–Trinajstić information content (AvgIpc) is 2.48. The summed E-state index contributed by atoms with van der Waals surface area (Å²) in [5.74, 6) is -0.00985. The number of hydrogen-bond donors (Lipinski definition) is 1. The maximum atomic E-state index is 11.9. The normalized spacial score (nSPS) is 12.1. The molecule has 0 aromatic heterocycles. The minimum absolute atomic E-state index is 0.254. The number of aromatic hydroxyl groups is 1. The molecule has 2 rings (SSSR count). The number of rotatable bonds is 4. The third-order valence-corrected chi connectivity index (χ3v) is 3.56. The van der Waals surface area contributed by atoms with Crippen LogP contribution in [0.25, 0.3) is 16.3 Å². The number of fused-ring (bicyclic) bond motifs is 1. The van der Waals surface area contributed by atoms with Gasteiger partial charge in [-0.2, -0.15) is 0 Å². The van der Waals surface area contributed by atoms with Crippen LogP contribution in [0.3, 0.4) is 0 Å². The standard InChI is InChI=1S/C18H20O3/c1-4-17(12(3)18(20)21-5-2)15-7-6-14-11-16(19)9-8-13(14)10-15/h6-11,19H,4-5H2,1-3H3/b17-12+. The SMILES string of the molecule is CCOC(=O)/C(C)=C(\CC)c1ccc2cc(O)ccc2c1. The topological polar surface area (TPSA) is 46.5 Å². The van der Waals surface area contributed by atoms with Gasteiger partial charge in [-0.1, -0.05) is 25.1 Å². The molecule has 0 bridgehead atoms. The number of ether oxygens (including phenoxy) is 1. The third-order valence-electron chi connectivity index (χ3n) is 3.56. The fourth-order valence-corrected chi connectivity index (χ4v) is 2.47. The number of esters is 1. The van der Waals surface area contributed by atoms with E-state index in [-0.39, 0.29) is 11.7 Å². The van der Waals surface area contributed by atoms with E-state index in [9.17, 15) is 9.90 Å². The molecule has 0 aliphatic rings. The molecule has 0 aliphatic heterocycles. The molecule has 2 aromatic rings. The molecule has 21 heavy (non-hydrogen) atoms. The van der Waals surface area contributed by atoms with Crippen molar-refractivity contribution in [2.24, 2.45) is 0 Å². The Morgan fingerprint density at radius 1 is 1.10 bits per heavy atom. The molecular formula is C18H20O3. The first-order valence-electron chi connectivity index (χ1n) is 7.16. The average molecular weight is 284 g/mol. The predicted octanol–water partition coefficient (Wildman–Crippen LogP) is 4.29. The lowest BCUT2D eigenvalue weighted by molar-refractivity contribution is -0.138. The minimum atomic E-state index is -0.264. The van der Waals surface area contributed by atoms with E-state index in [1.807, 2.05) is 31.2 Å². The van der Waals surface area contributed by atoms with Crippen LogP contribution < -0.4 is 0 Å². The summed E-state index contributed by atoms with van der Waals surface area (Å²) in [5.41, 5.74) is 2.65. The van der Waals surface area contributed by atoms with Gasteiger partial charge in [-0.15, -0.1) is 0 Å². The Labute approximate surface area is 124 Å². The van der Waals surface area contributed by atoms with Crippen molar-refractivity contribution in [3.63, 3.8) is 0 Å². The second-order valence-electron chi connectivity index (χ2n) is 4.92. The van der Waals surface area contributed by atoms with Gasteiger partial charge in [0.1, 0.15) is 5.75 Å². The molecule has 0 amide bonds. The summed E-state index contributed by atoms with van der Waals surface area (Å²) in [7, 11) is 0. The lowest BCUT2D eigenvalue weighted by Crippen LogP contribution is -2.07. The van der Waals surface area contributed by atoms with Crippen LogP contribution in [-0.4, -0.2) is 17.7 Å². The van der Waals surface area contributed by atoms with Gasteiger partial charge in [0.05, 0.1) is 6.61 Å². The first-order valence-corrected chi connectivity index (χ1v) is 7.16. The number of carbonyl (C=O) groups is 1. The lowest BCUT2D eigenvalue weighted by Gasteiger charge is -2.11. The maximum absolute atomic E-state index is 11.9. The van der Waals surface area contributed by atoms with Crippen molar-refractivity contribution in [1.82, 2.24) is 0 Å². The molecule has 110 valence electrons. The highest BCUT2D eigenvalue weighted by Crippen LogP contribution is 2.28. The van der Waals surface area contributed by atoms with Gasteiger partial charge in [0.2, 0.25) is 0 Å². The zero-order valence-corrected chi connectivity index (χ0v) is 12.6. The Balaban J connectivity index is 2.49. The van der Waals surface area contributed by atoms with Gasteiger partial charge < -0.3 is 9.84 Å². The summed E-state index contributed by atoms with van der Waals surface area (Å²) in [6.45, 7) is 6.01. The highest BCUT2D eigenvalue weighted by Gasteiger charge is 2.12. The zero-order valence-electron chi connectivity index (χ0n) is 12.6. The van der Waals surface area contributed by atoms with Crippen LogP contribution in [0.2, 0.25) is 0 Å². The van der Waals surface area contributed by atoms with Gasteiger partial charge in [0.15, 0.2) is 0 Å². The van der Waals surface area contributed by atoms with Gasteiger partial charge >= 0.3 is 5.97 Å². The van der Waals surface area contributed by atoms with Crippen molar-refractivity contribution in [2.45, 2.75) is 27.2 Å². The number of hydrogen-bond acceptors (Lipinski definition) is 3. The lowest BCUT2D eigenvalue weighted by atomic mass is 9.96. The fourth-order valence-electron chi connectivity index (χ4n) is 2.47. The van der Waals surface area contributed by atoms with Crippen molar-refractivity contribution in [3.05, 3.63) is 47.5 Å². The summed E-state index contributed by atoms with van der Waals surface area (Å²) < 4.78 is 5.08. The molecule has 1 N–H and O–H groups in total. The number of benzene rings is 2. The van der Waals surface area contributed by atoms with Crippen LogP contribution in [0, 0.1) is 0 Å². The molecule has 0 aliphatic carbocycles. The van der Waals surface area contributed by atoms with E-state index in [0.29, 0.717) is 12.2 Å². The largest absolute Gasteiger partial charge is 0.508 e. The molecule has 0 saturated carbocycles. The Hall–Kier alpha value is -2.29. The second kappa shape index (κ2) is 6.44. The van der Waals surface area contributed by atoms with Crippen LogP contribution in [0.1, 0.15) is 32.8 Å². The molecule has 0 unspecified atom stereocenters. The van der Waals surface area contributed by atoms with Crippen LogP contribution in [0.15, 0.2) is 42.0 Å². The van der Waals surface area contributed by atoms with Gasteiger partial charge in [0.25, 0.3) is 0 Å². The summed E-state index contributed by atoms with van der Waals surface area (Å²) >= 11 is 0. The van der Waals surface area contributed by atoms with Crippen molar-refractivity contribution in [2.75, 3.05) is 6.61 Å². The van der Waals surface area contributed by atoms with E-state index in [1.54, 1.807) is 26.0 Å². The summed E-state index contributed by atoms with van der Waals surface area (Å²) in [6, 6.07) is 11.2. The molecule has 0 radical (unpaired) electrons. The first-order chi connectivity index (χ1) is 10.1. The van der Waals surface area contributed by atoms with E-state index in [4.69, 9.17) is 4.74 Å². The van der Waals surface area contributed by atoms with Crippen molar-refractivity contribution in [1.29, 1.82) is 0 Å². The van der Waals surface area contributed by atoms with E-state index in [0.717, 1.165) is 28.3 Å². The molecule has 2 aromatic carbocycles. The van der Waals surface area contributed by atoms with Gasteiger partial charge in [-0.25, -0.2) is 4.79 Å². The Morgan fingerprint density at radius 3 is 2.43 bits per heavy atom. The predicted molar refractivity (Wildman–Crippen MR) is 85.1 cm³/mol. The van der Waals surface area contributed by atoms with E-state index >= 15 is 0 Å². The molecular weight excluding hydrogens is 264 g/mol. The van der Waals surface area contributed by atoms with Crippen LogP contribution in [0.5, 0.6) is 5.75 Å². The second-order valence-corrected chi connectivity index (χ2v) is 4.92. The Morgan fingerprint density at radius 2 is 1.76 bits per heavy atom. The summed E-state index contributed by atoms with van der Waals surface area (Å²) in [4.78, 5) is 11.9. The van der Waals surface area contributed by atoms with Gasteiger partial charge in [-0.3, -0.25) is 0 Å². The Kier molecular flexibility index (Phi) is 4.63. The van der Waals surface area contributed by atoms with Crippen LogP contribution in [-0.2, 0) is 9.53 Å². The summed E-state index contributed by atoms with van der Waals surface area (Å²) in [6.07, 6.45) is 0.758. The Bertz CT molecular complexity index is 699. The monoisotopic (exact) mass is 284 g/mol. The maximum Gasteiger partial charge on any atom is 0.333 e. The number of carbonyl (C=O) groups excluding carboxylic acids is 1. The van der Waals surface area contributed by atoms with Crippen molar-refractivity contribution >= 4 is 22.3 Å². The quantitative estimate of drug-likeness (QED) is 0.673. The first kappa shape index (κ1) is 15.1. The molecule has 0 heterocycles. The molecule has 3 nitrogen and oxygen atoms in total. The van der Waals surface area contributed by atoms with E-state index in [1.165, 1.54) is 0 Å². The highest BCUT2D eigenvalue weighted by atomic mass is 16.5. The van der Waals surface area contributed by atoms with Crippen LogP contribution >= 0.6 is 0 Å². The minimum Gasteiger partial charge on any atom is -0.508 e. The number of phenolic OH excluding ortho intramolecular Hbond substituents is 1. The smallest absolute Gasteiger partial charge is 0.333 e. The van der Waals surface area contributed by atoms with E-state index in [2.05, 4.69) is 0 Å². The third kappa shape index (κ3) is 3.24. The molecule has 0 saturated heterocycles. The molecule has 0 fully saturated rings. The van der Waals surface area contributed by atoms with Gasteiger partial charge in [0, 0.05) is 5.57 Å². The zero-order chi connectivity index (χ0) is 15.4. The van der Waals surface area contributed by atoms with Crippen LogP contribution in [0.4, 0.5) is 0 Å². The highest BCUT2D eigenvalue weighted by molar-refractivity contribution is 5.98. The molecule has 0 spiro atoms. The molecule has 0 atom stereocenters.